The number of aromatic nitrogens is 2. The van der Waals surface area contributed by atoms with Gasteiger partial charge in [0.25, 0.3) is 0 Å². The molecule has 1 aliphatic heterocycles. The van der Waals surface area contributed by atoms with Crippen LogP contribution in [0.4, 0.5) is 11.5 Å². The third-order valence-electron chi connectivity index (χ3n) is 4.22. The third-order valence-corrected chi connectivity index (χ3v) is 5.08. The van der Waals surface area contributed by atoms with Crippen molar-refractivity contribution in [3.8, 4) is 0 Å². The lowest BCUT2D eigenvalue weighted by atomic mass is 10.2. The van der Waals surface area contributed by atoms with Crippen LogP contribution in [0.15, 0.2) is 41.7 Å². The molecule has 0 spiro atoms. The number of benzene rings is 1. The van der Waals surface area contributed by atoms with Gasteiger partial charge >= 0.3 is 0 Å². The van der Waals surface area contributed by atoms with E-state index in [2.05, 4.69) is 20.2 Å². The van der Waals surface area contributed by atoms with Crippen LogP contribution >= 0.6 is 11.8 Å². The molecule has 0 unspecified atom stereocenters. The Hall–Kier alpha value is -2.08. The Labute approximate surface area is 153 Å². The van der Waals surface area contributed by atoms with Gasteiger partial charge in [0.1, 0.15) is 5.82 Å². The number of thioether (sulfide) groups is 1. The maximum Gasteiger partial charge on any atom is 0.234 e. The molecule has 1 amide bonds. The van der Waals surface area contributed by atoms with Crippen molar-refractivity contribution in [1.29, 1.82) is 0 Å². The van der Waals surface area contributed by atoms with Gasteiger partial charge in [0, 0.05) is 25.0 Å². The van der Waals surface area contributed by atoms with E-state index in [1.165, 1.54) is 43.0 Å². The maximum atomic E-state index is 12.1. The van der Waals surface area contributed by atoms with Gasteiger partial charge in [-0.1, -0.05) is 42.3 Å². The summed E-state index contributed by atoms with van der Waals surface area (Å²) in [4.78, 5) is 23.3. The second-order valence-corrected chi connectivity index (χ2v) is 7.24. The van der Waals surface area contributed by atoms with Gasteiger partial charge in [0.2, 0.25) is 5.91 Å². The summed E-state index contributed by atoms with van der Waals surface area (Å²) in [6.45, 7) is 4.13. The van der Waals surface area contributed by atoms with E-state index in [1.54, 1.807) is 6.20 Å². The number of carbonyl (C=O) groups excluding carboxylic acids is 1. The quantitative estimate of drug-likeness (QED) is 0.650. The summed E-state index contributed by atoms with van der Waals surface area (Å²) in [6.07, 6.45) is 6.80. The Kier molecular flexibility index (Phi) is 6.28. The van der Waals surface area contributed by atoms with E-state index in [9.17, 15) is 4.79 Å². The second-order valence-electron chi connectivity index (χ2n) is 6.30. The van der Waals surface area contributed by atoms with Crippen LogP contribution in [-0.4, -0.2) is 34.7 Å². The van der Waals surface area contributed by atoms with Crippen molar-refractivity contribution in [2.75, 3.05) is 29.1 Å². The molecule has 132 valence electrons. The highest BCUT2D eigenvalue weighted by Gasteiger charge is 2.12. The molecule has 0 radical (unpaired) electrons. The number of anilines is 2. The van der Waals surface area contributed by atoms with Crippen LogP contribution in [0.2, 0.25) is 0 Å². The highest BCUT2D eigenvalue weighted by Crippen LogP contribution is 2.20. The van der Waals surface area contributed by atoms with E-state index in [1.807, 2.05) is 37.3 Å². The number of hydrogen-bond acceptors (Lipinski definition) is 5. The van der Waals surface area contributed by atoms with Gasteiger partial charge in [0.05, 0.1) is 5.75 Å². The van der Waals surface area contributed by atoms with Gasteiger partial charge in [0.15, 0.2) is 5.16 Å². The molecule has 2 heterocycles. The van der Waals surface area contributed by atoms with Crippen LogP contribution in [0, 0.1) is 6.92 Å². The van der Waals surface area contributed by atoms with Gasteiger partial charge < -0.3 is 10.2 Å². The highest BCUT2D eigenvalue weighted by molar-refractivity contribution is 7.99. The fourth-order valence-corrected chi connectivity index (χ4v) is 3.47. The Balaban J connectivity index is 1.54. The molecule has 1 aliphatic rings. The first-order chi connectivity index (χ1) is 12.2. The van der Waals surface area contributed by atoms with Crippen LogP contribution in [-0.2, 0) is 4.79 Å². The van der Waals surface area contributed by atoms with Gasteiger partial charge in [-0.2, -0.15) is 0 Å². The Morgan fingerprint density at radius 2 is 1.84 bits per heavy atom. The highest BCUT2D eigenvalue weighted by atomic mass is 32.2. The summed E-state index contributed by atoms with van der Waals surface area (Å²) in [5.41, 5.74) is 1.99. The van der Waals surface area contributed by atoms with Crippen molar-refractivity contribution in [2.24, 2.45) is 0 Å². The number of aryl methyl sites for hydroxylation is 1. The molecule has 0 aliphatic carbocycles. The fraction of sp³-hybridized carbons (Fsp3) is 0.421. The van der Waals surface area contributed by atoms with Crippen molar-refractivity contribution in [2.45, 2.75) is 37.8 Å². The standard InChI is InChI=1S/C19H24N4OS/c1-15-6-8-16(9-7-15)21-18(24)14-25-19-20-11-10-17(22-19)23-12-4-2-3-5-13-23/h6-11H,2-5,12-14H2,1H3,(H,21,24). The predicted octanol–water partition coefficient (Wildman–Crippen LogP) is 3.90. The van der Waals surface area contributed by atoms with Crippen molar-refractivity contribution < 1.29 is 4.79 Å². The first-order valence-corrected chi connectivity index (χ1v) is 9.76. The van der Waals surface area contributed by atoms with Crippen LogP contribution in [0.5, 0.6) is 0 Å². The van der Waals surface area contributed by atoms with E-state index in [0.717, 1.165) is 24.6 Å². The molecule has 1 fully saturated rings. The lowest BCUT2D eigenvalue weighted by molar-refractivity contribution is -0.113. The zero-order valence-electron chi connectivity index (χ0n) is 14.6. The van der Waals surface area contributed by atoms with Gasteiger partial charge in [-0.15, -0.1) is 0 Å². The molecule has 2 aromatic rings. The third kappa shape index (κ3) is 5.46. The first-order valence-electron chi connectivity index (χ1n) is 8.78. The SMILES string of the molecule is Cc1ccc(NC(=O)CSc2nccc(N3CCCCCC3)n2)cc1. The largest absolute Gasteiger partial charge is 0.356 e. The van der Waals surface area contributed by atoms with Crippen LogP contribution in [0.3, 0.4) is 0 Å². The number of hydrogen-bond donors (Lipinski definition) is 1. The molecule has 6 heteroatoms. The van der Waals surface area contributed by atoms with E-state index in [4.69, 9.17) is 0 Å². The van der Waals surface area contributed by atoms with Gasteiger partial charge in [-0.25, -0.2) is 9.97 Å². The van der Waals surface area contributed by atoms with E-state index >= 15 is 0 Å². The van der Waals surface area contributed by atoms with Gasteiger partial charge in [-0.3, -0.25) is 4.79 Å². The molecule has 1 N–H and O–H groups in total. The van der Waals surface area contributed by atoms with Crippen LogP contribution in [0.1, 0.15) is 31.2 Å². The summed E-state index contributed by atoms with van der Waals surface area (Å²) in [5.74, 6) is 1.23. The zero-order chi connectivity index (χ0) is 17.5. The second kappa shape index (κ2) is 8.85. The lowest BCUT2D eigenvalue weighted by Crippen LogP contribution is -2.25. The molecule has 0 bridgehead atoms. The molecule has 5 nitrogen and oxygen atoms in total. The Bertz CT molecular complexity index is 697. The number of rotatable bonds is 5. The molecule has 25 heavy (non-hydrogen) atoms. The maximum absolute atomic E-state index is 12.1. The average molecular weight is 356 g/mol. The molecule has 3 rings (SSSR count). The molecule has 0 atom stereocenters. The molecule has 0 saturated carbocycles. The summed E-state index contributed by atoms with van der Waals surface area (Å²) < 4.78 is 0. The molecule has 1 aromatic heterocycles. The number of nitrogens with zero attached hydrogens (tertiary/aromatic N) is 3. The predicted molar refractivity (Wildman–Crippen MR) is 103 cm³/mol. The lowest BCUT2D eigenvalue weighted by Gasteiger charge is -2.21. The summed E-state index contributed by atoms with van der Waals surface area (Å²) >= 11 is 1.37. The first kappa shape index (κ1) is 17.7. The summed E-state index contributed by atoms with van der Waals surface area (Å²) in [6, 6.07) is 9.75. The summed E-state index contributed by atoms with van der Waals surface area (Å²) in [7, 11) is 0. The van der Waals surface area contributed by atoms with Gasteiger partial charge in [-0.05, 0) is 38.0 Å². The molecule has 1 saturated heterocycles. The van der Waals surface area contributed by atoms with E-state index < -0.39 is 0 Å². The monoisotopic (exact) mass is 356 g/mol. The summed E-state index contributed by atoms with van der Waals surface area (Å²) in [5, 5.41) is 3.55. The fourth-order valence-electron chi connectivity index (χ4n) is 2.84. The van der Waals surface area contributed by atoms with Crippen molar-refractivity contribution in [3.63, 3.8) is 0 Å². The normalized spacial score (nSPS) is 14.8. The van der Waals surface area contributed by atoms with Crippen molar-refractivity contribution >= 4 is 29.2 Å². The molecular formula is C19H24N4OS. The smallest absolute Gasteiger partial charge is 0.234 e. The number of carbonyl (C=O) groups is 1. The topological polar surface area (TPSA) is 58.1 Å². The van der Waals surface area contributed by atoms with Crippen molar-refractivity contribution in [3.05, 3.63) is 42.1 Å². The Morgan fingerprint density at radius 1 is 1.12 bits per heavy atom. The number of nitrogens with one attached hydrogen (secondary N) is 1. The van der Waals surface area contributed by atoms with Crippen molar-refractivity contribution in [1.82, 2.24) is 9.97 Å². The molecule has 1 aromatic carbocycles. The van der Waals surface area contributed by atoms with Crippen LogP contribution in [0.25, 0.3) is 0 Å². The zero-order valence-corrected chi connectivity index (χ0v) is 15.4. The average Bonchev–Trinajstić information content (AvgIpc) is 2.92. The molecular weight excluding hydrogens is 332 g/mol. The minimum Gasteiger partial charge on any atom is -0.356 e. The minimum absolute atomic E-state index is 0.0439. The van der Waals surface area contributed by atoms with E-state index in [0.29, 0.717) is 10.9 Å². The Morgan fingerprint density at radius 3 is 2.56 bits per heavy atom. The minimum atomic E-state index is -0.0439. The van der Waals surface area contributed by atoms with E-state index in [-0.39, 0.29) is 5.91 Å². The number of amides is 1. The van der Waals surface area contributed by atoms with Crippen LogP contribution < -0.4 is 10.2 Å².